The van der Waals surface area contributed by atoms with Crippen molar-refractivity contribution in [3.8, 4) is 0 Å². The van der Waals surface area contributed by atoms with Gasteiger partial charge < -0.3 is 20.0 Å². The summed E-state index contributed by atoms with van der Waals surface area (Å²) in [6.45, 7) is 13.0. The number of hydrogen-bond acceptors (Lipinski definition) is 4. The summed E-state index contributed by atoms with van der Waals surface area (Å²) in [5, 5.41) is 3.16. The van der Waals surface area contributed by atoms with Crippen LogP contribution in [0.1, 0.15) is 40.0 Å². The van der Waals surface area contributed by atoms with E-state index in [4.69, 9.17) is 0 Å². The average Bonchev–Trinajstić information content (AvgIpc) is 3.18. The first-order valence-electron chi connectivity index (χ1n) is 9.68. The average molecular weight is 351 g/mol. The molecule has 0 bridgehead atoms. The molecule has 1 aliphatic carbocycles. The zero-order valence-electron chi connectivity index (χ0n) is 16.3. The molecule has 1 saturated carbocycles. The lowest BCUT2D eigenvalue weighted by Gasteiger charge is -2.35. The molecule has 6 nitrogen and oxygen atoms in total. The minimum atomic E-state index is -0.203. The molecule has 2 aliphatic heterocycles. The van der Waals surface area contributed by atoms with Crippen molar-refractivity contribution in [1.29, 1.82) is 0 Å². The molecule has 1 N–H and O–H groups in total. The van der Waals surface area contributed by atoms with Crippen molar-refractivity contribution in [3.63, 3.8) is 0 Å². The van der Waals surface area contributed by atoms with Crippen LogP contribution < -0.4 is 5.32 Å². The Bertz CT molecular complexity index is 516. The number of likely N-dealkylation sites (tertiary alicyclic amines) is 1. The van der Waals surface area contributed by atoms with Gasteiger partial charge in [-0.3, -0.25) is 9.59 Å². The van der Waals surface area contributed by atoms with Gasteiger partial charge in [0.1, 0.15) is 0 Å². The lowest BCUT2D eigenvalue weighted by Crippen LogP contribution is -2.48. The minimum absolute atomic E-state index is 0.0600. The predicted molar refractivity (Wildman–Crippen MR) is 98.2 cm³/mol. The SMILES string of the molecule is CN1CCN(CC2(CNC(=O)C3CC(=O)N(C(C)(C)C)C3)CC2)CC1. The number of piperazine rings is 1. The van der Waals surface area contributed by atoms with Crippen LogP contribution in [0.5, 0.6) is 0 Å². The molecule has 3 aliphatic rings. The van der Waals surface area contributed by atoms with E-state index in [9.17, 15) is 9.59 Å². The third kappa shape index (κ3) is 4.53. The highest BCUT2D eigenvalue weighted by molar-refractivity contribution is 5.89. The number of nitrogens with one attached hydrogen (secondary N) is 1. The third-order valence-corrected chi connectivity index (χ3v) is 6.06. The molecule has 3 rings (SSSR count). The van der Waals surface area contributed by atoms with Gasteiger partial charge in [0, 0.05) is 63.2 Å². The van der Waals surface area contributed by atoms with E-state index in [1.165, 1.54) is 12.8 Å². The second-order valence-corrected chi connectivity index (χ2v) is 9.37. The smallest absolute Gasteiger partial charge is 0.225 e. The van der Waals surface area contributed by atoms with Crippen molar-refractivity contribution >= 4 is 11.8 Å². The van der Waals surface area contributed by atoms with Crippen LogP contribution in [-0.4, -0.2) is 84.9 Å². The first-order valence-corrected chi connectivity index (χ1v) is 9.68. The topological polar surface area (TPSA) is 55.9 Å². The van der Waals surface area contributed by atoms with Gasteiger partial charge in [0.15, 0.2) is 0 Å². The molecular weight excluding hydrogens is 316 g/mol. The van der Waals surface area contributed by atoms with E-state index in [1.807, 2.05) is 25.7 Å². The first kappa shape index (κ1) is 18.6. The molecule has 2 heterocycles. The molecule has 1 atom stereocenters. The quantitative estimate of drug-likeness (QED) is 0.796. The molecular formula is C19H34N4O2. The maximum atomic E-state index is 12.6. The van der Waals surface area contributed by atoms with Crippen LogP contribution in [0.3, 0.4) is 0 Å². The molecule has 0 aromatic carbocycles. The van der Waals surface area contributed by atoms with Crippen molar-refractivity contribution in [1.82, 2.24) is 20.0 Å². The highest BCUT2D eigenvalue weighted by Crippen LogP contribution is 2.45. The largest absolute Gasteiger partial charge is 0.355 e. The first-order chi connectivity index (χ1) is 11.7. The lowest BCUT2D eigenvalue weighted by atomic mass is 10.0. The minimum Gasteiger partial charge on any atom is -0.355 e. The summed E-state index contributed by atoms with van der Waals surface area (Å²) in [5.41, 5.74) is 0.0726. The van der Waals surface area contributed by atoms with E-state index in [-0.39, 0.29) is 28.7 Å². The van der Waals surface area contributed by atoms with Crippen LogP contribution in [0.15, 0.2) is 0 Å². The van der Waals surface area contributed by atoms with E-state index < -0.39 is 0 Å². The fourth-order valence-corrected chi connectivity index (χ4v) is 4.00. The second kappa shape index (κ2) is 6.88. The van der Waals surface area contributed by atoms with Crippen molar-refractivity contribution in [2.45, 2.75) is 45.6 Å². The fraction of sp³-hybridized carbons (Fsp3) is 0.895. The number of carbonyl (C=O) groups excluding carboxylic acids is 2. The van der Waals surface area contributed by atoms with E-state index in [1.54, 1.807) is 0 Å². The molecule has 142 valence electrons. The van der Waals surface area contributed by atoms with Crippen LogP contribution in [0.25, 0.3) is 0 Å². The Morgan fingerprint density at radius 2 is 1.84 bits per heavy atom. The summed E-state index contributed by atoms with van der Waals surface area (Å²) in [6.07, 6.45) is 2.77. The van der Waals surface area contributed by atoms with Crippen molar-refractivity contribution < 1.29 is 9.59 Å². The van der Waals surface area contributed by atoms with Gasteiger partial charge in [0.25, 0.3) is 0 Å². The van der Waals surface area contributed by atoms with Gasteiger partial charge in [-0.2, -0.15) is 0 Å². The van der Waals surface area contributed by atoms with Crippen LogP contribution >= 0.6 is 0 Å². The number of hydrogen-bond donors (Lipinski definition) is 1. The Morgan fingerprint density at radius 3 is 2.36 bits per heavy atom. The van der Waals surface area contributed by atoms with Gasteiger partial charge in [-0.25, -0.2) is 0 Å². The summed E-state index contributed by atoms with van der Waals surface area (Å²) >= 11 is 0. The van der Waals surface area contributed by atoms with E-state index in [2.05, 4.69) is 22.2 Å². The molecule has 0 aromatic rings. The monoisotopic (exact) mass is 350 g/mol. The zero-order valence-corrected chi connectivity index (χ0v) is 16.3. The van der Waals surface area contributed by atoms with E-state index >= 15 is 0 Å². The Balaban J connectivity index is 1.45. The number of likely N-dealkylation sites (N-methyl/N-ethyl adjacent to an activating group) is 1. The summed E-state index contributed by atoms with van der Waals surface area (Å²) in [5.74, 6) is -0.0258. The number of amides is 2. The maximum absolute atomic E-state index is 12.6. The normalized spacial score (nSPS) is 27.6. The van der Waals surface area contributed by atoms with Crippen LogP contribution in [0, 0.1) is 11.3 Å². The molecule has 25 heavy (non-hydrogen) atoms. The van der Waals surface area contributed by atoms with Crippen LogP contribution in [0.4, 0.5) is 0 Å². The number of rotatable bonds is 5. The second-order valence-electron chi connectivity index (χ2n) is 9.37. The van der Waals surface area contributed by atoms with Crippen molar-refractivity contribution in [2.75, 3.05) is 52.9 Å². The molecule has 2 amide bonds. The third-order valence-electron chi connectivity index (χ3n) is 6.06. The Labute approximate surface area is 151 Å². The highest BCUT2D eigenvalue weighted by Gasteiger charge is 2.45. The van der Waals surface area contributed by atoms with E-state index in [0.717, 1.165) is 39.3 Å². The molecule has 6 heteroatoms. The molecule has 2 saturated heterocycles. The van der Waals surface area contributed by atoms with Crippen molar-refractivity contribution in [2.24, 2.45) is 11.3 Å². The Morgan fingerprint density at radius 1 is 1.20 bits per heavy atom. The molecule has 0 spiro atoms. The van der Waals surface area contributed by atoms with Gasteiger partial charge in [-0.15, -0.1) is 0 Å². The van der Waals surface area contributed by atoms with Gasteiger partial charge in [-0.1, -0.05) is 0 Å². The summed E-state index contributed by atoms with van der Waals surface area (Å²) < 4.78 is 0. The Hall–Kier alpha value is -1.14. The summed E-state index contributed by atoms with van der Waals surface area (Å²) in [6, 6.07) is 0. The standard InChI is InChI=1S/C19H34N4O2/c1-18(2,3)23-12-15(11-16(23)24)17(25)20-13-19(5-6-19)14-22-9-7-21(4)8-10-22/h15H,5-14H2,1-4H3,(H,20,25). The number of nitrogens with zero attached hydrogens (tertiary/aromatic N) is 3. The fourth-order valence-electron chi connectivity index (χ4n) is 4.00. The Kier molecular flexibility index (Phi) is 5.13. The van der Waals surface area contributed by atoms with Gasteiger partial charge in [0.05, 0.1) is 5.92 Å². The molecule has 3 fully saturated rings. The number of carbonyl (C=O) groups is 2. The van der Waals surface area contributed by atoms with E-state index in [0.29, 0.717) is 13.0 Å². The molecule has 1 unspecified atom stereocenters. The maximum Gasteiger partial charge on any atom is 0.225 e. The van der Waals surface area contributed by atoms with Gasteiger partial charge >= 0.3 is 0 Å². The predicted octanol–water partition coefficient (Wildman–Crippen LogP) is 0.777. The lowest BCUT2D eigenvalue weighted by molar-refractivity contribution is -0.132. The van der Waals surface area contributed by atoms with Gasteiger partial charge in [-0.05, 0) is 40.7 Å². The zero-order chi connectivity index (χ0) is 18.2. The summed E-state index contributed by atoms with van der Waals surface area (Å²) in [7, 11) is 2.17. The van der Waals surface area contributed by atoms with Crippen LogP contribution in [0.2, 0.25) is 0 Å². The van der Waals surface area contributed by atoms with Crippen molar-refractivity contribution in [3.05, 3.63) is 0 Å². The summed E-state index contributed by atoms with van der Waals surface area (Å²) in [4.78, 5) is 31.5. The van der Waals surface area contributed by atoms with Gasteiger partial charge in [0.2, 0.25) is 11.8 Å². The molecule has 0 aromatic heterocycles. The highest BCUT2D eigenvalue weighted by atomic mass is 16.2. The molecule has 0 radical (unpaired) electrons. The van der Waals surface area contributed by atoms with Crippen LogP contribution in [-0.2, 0) is 9.59 Å².